The van der Waals surface area contributed by atoms with Crippen LogP contribution in [0.3, 0.4) is 0 Å². The molecule has 10 unspecified atom stereocenters. The lowest BCUT2D eigenvalue weighted by atomic mass is 9.91. The molecule has 0 aromatic heterocycles. The zero-order valence-electron chi connectivity index (χ0n) is 35.2. The second-order valence-corrected chi connectivity index (χ2v) is 17.5. The van der Waals surface area contributed by atoms with Gasteiger partial charge in [-0.25, -0.2) is 4.79 Å². The number of aliphatic hydroxyl groups is 2. The number of ether oxygens (including phenoxy) is 1. The molecule has 7 amide bonds. The smallest absolute Gasteiger partial charge is 0.329 e. The molecule has 6 N–H and O–H groups in total. The second-order valence-electron chi connectivity index (χ2n) is 16.4. The van der Waals surface area contributed by atoms with Crippen molar-refractivity contribution >= 4 is 64.1 Å². The number of nitrogens with zero attached hydrogens (tertiary/aromatic N) is 4. The molecule has 59 heavy (non-hydrogen) atoms. The van der Waals surface area contributed by atoms with Crippen LogP contribution in [-0.2, 0) is 43.1 Å². The van der Waals surface area contributed by atoms with Gasteiger partial charge in [0, 0.05) is 25.4 Å². The summed E-state index contributed by atoms with van der Waals surface area (Å²) in [6.07, 6.45) is -0.419. The van der Waals surface area contributed by atoms with Crippen molar-refractivity contribution < 1.29 is 53.3 Å². The first kappa shape index (κ1) is 47.1. The van der Waals surface area contributed by atoms with E-state index in [9.17, 15) is 48.6 Å². The van der Waals surface area contributed by atoms with Crippen LogP contribution in [0.1, 0.15) is 81.1 Å². The molecule has 10 atom stereocenters. The van der Waals surface area contributed by atoms with E-state index in [0.29, 0.717) is 17.9 Å². The molecule has 0 radical (unpaired) electrons. The van der Waals surface area contributed by atoms with Gasteiger partial charge < -0.3 is 50.9 Å². The maximum absolute atomic E-state index is 14.1. The van der Waals surface area contributed by atoms with Crippen LogP contribution >= 0.6 is 11.8 Å². The topological polar surface area (TPSA) is 256 Å². The van der Waals surface area contributed by atoms with E-state index in [2.05, 4.69) is 26.3 Å². The van der Waals surface area contributed by atoms with E-state index in [1.807, 2.05) is 20.8 Å². The molecule has 0 aromatic rings. The summed E-state index contributed by atoms with van der Waals surface area (Å²) < 4.78 is 5.27. The van der Waals surface area contributed by atoms with Crippen LogP contribution in [0.25, 0.3) is 0 Å². The molecule has 2 saturated heterocycles. The molecule has 0 aromatic carbocycles. The largest absolute Gasteiger partial charge is 0.461 e. The summed E-state index contributed by atoms with van der Waals surface area (Å²) in [5, 5.41) is 32.2. The molecular weight excluding hydrogens is 789 g/mol. The predicted molar refractivity (Wildman–Crippen MR) is 216 cm³/mol. The van der Waals surface area contributed by atoms with Gasteiger partial charge in [0.2, 0.25) is 29.5 Å². The first-order valence-electron chi connectivity index (χ1n) is 20.2. The zero-order valence-corrected chi connectivity index (χ0v) is 36.0. The maximum Gasteiger partial charge on any atom is 0.329 e. The van der Waals surface area contributed by atoms with Gasteiger partial charge in [-0.2, -0.15) is 0 Å². The molecule has 0 saturated carbocycles. The molecule has 0 aliphatic carbocycles. The van der Waals surface area contributed by atoms with Gasteiger partial charge in [-0.3, -0.25) is 38.6 Å². The number of thioether (sulfide) groups is 1. The zero-order chi connectivity index (χ0) is 44.0. The Morgan fingerprint density at radius 2 is 1.59 bits per heavy atom. The quantitative estimate of drug-likeness (QED) is 0.144. The van der Waals surface area contributed by atoms with Gasteiger partial charge in [-0.1, -0.05) is 33.8 Å². The number of aliphatic imine (C=N–C) groups is 1. The summed E-state index contributed by atoms with van der Waals surface area (Å²) in [5.41, 5.74) is -0.0745. The number of esters is 1. The summed E-state index contributed by atoms with van der Waals surface area (Å²) in [7, 11) is 1.28. The van der Waals surface area contributed by atoms with Gasteiger partial charge >= 0.3 is 5.97 Å². The number of allylic oxidation sites excluding steroid dienone is 1. The second kappa shape index (κ2) is 20.1. The van der Waals surface area contributed by atoms with Gasteiger partial charge in [0.05, 0.1) is 17.2 Å². The fourth-order valence-corrected chi connectivity index (χ4v) is 8.82. The number of hydrogen-bond acceptors (Lipinski definition) is 13. The van der Waals surface area contributed by atoms with Crippen LogP contribution in [0, 0.1) is 11.8 Å². The summed E-state index contributed by atoms with van der Waals surface area (Å²) in [5.74, 6) is -6.19. The fourth-order valence-electron chi connectivity index (χ4n) is 7.66. The summed E-state index contributed by atoms with van der Waals surface area (Å²) in [4.78, 5) is 117. The number of fused-ring (bicyclic) bond motifs is 4. The average molecular weight is 849 g/mol. The van der Waals surface area contributed by atoms with Crippen LogP contribution in [-0.4, -0.2) is 164 Å². The molecule has 4 rings (SSSR count). The summed E-state index contributed by atoms with van der Waals surface area (Å²) in [6, 6.07) is -7.62. The number of hydrogen-bond donors (Lipinski definition) is 6. The SMILES string of the molecule is CC=C1NC(=O)C2CSC(=N2)C2CC(C)N2C(=O)C(CC(C)C)NC(=O)C(C)NC(=O)C(O)COC(=O)C(C(C)C)N(C)C(=O)C(C(C)O)NC(=O)C2CCCN2C1=O. The highest BCUT2D eigenvalue weighted by molar-refractivity contribution is 8.14. The number of cyclic esters (lactones) is 1. The standard InChI is InChI=1S/C39H60N8O11S/c1-10-23-36(54)46-13-11-12-26(46)33(52)44-29(22(8)48)38(56)45(9)30(19(4)5)39(57)58-16-28(49)34(53)40-21(7)31(50)42-24(14-18(2)3)37(55)47-20(6)15-27(47)35-43-25(17-59-35)32(51)41-23/h10,18-22,24-30,48-49H,11-17H2,1-9H3,(H,40,53)(H,41,51)(H,42,50)(H,44,52). The van der Waals surface area contributed by atoms with E-state index in [-0.39, 0.29) is 48.7 Å². The first-order valence-corrected chi connectivity index (χ1v) is 21.2. The van der Waals surface area contributed by atoms with Crippen LogP contribution < -0.4 is 21.3 Å². The van der Waals surface area contributed by atoms with Crippen molar-refractivity contribution in [3.05, 3.63) is 11.8 Å². The van der Waals surface area contributed by atoms with Crippen molar-refractivity contribution in [3.63, 3.8) is 0 Å². The number of aliphatic hydroxyl groups excluding tert-OH is 2. The Hall–Kier alpha value is -4.56. The Labute approximate surface area is 348 Å². The number of amides is 7. The van der Waals surface area contributed by atoms with Gasteiger partial charge in [0.15, 0.2) is 6.10 Å². The monoisotopic (exact) mass is 848 g/mol. The Kier molecular flexibility index (Phi) is 16.1. The van der Waals surface area contributed by atoms with E-state index >= 15 is 0 Å². The minimum atomic E-state index is -1.91. The molecule has 2 bridgehead atoms. The van der Waals surface area contributed by atoms with Crippen molar-refractivity contribution in [2.45, 2.75) is 142 Å². The fraction of sp³-hybridized carbons (Fsp3) is 0.718. The lowest BCUT2D eigenvalue weighted by Crippen LogP contribution is -2.65. The van der Waals surface area contributed by atoms with Crippen molar-refractivity contribution in [2.75, 3.05) is 26.0 Å². The molecule has 0 spiro atoms. The highest BCUT2D eigenvalue weighted by Crippen LogP contribution is 2.35. The average Bonchev–Trinajstić information content (AvgIpc) is 3.86. The van der Waals surface area contributed by atoms with Crippen LogP contribution in [0.15, 0.2) is 16.8 Å². The normalized spacial score (nSPS) is 32.6. The van der Waals surface area contributed by atoms with E-state index in [1.54, 1.807) is 25.7 Å². The number of nitrogens with one attached hydrogen (secondary N) is 4. The van der Waals surface area contributed by atoms with Crippen LogP contribution in [0.4, 0.5) is 0 Å². The summed E-state index contributed by atoms with van der Waals surface area (Å²) >= 11 is 1.32. The first-order chi connectivity index (χ1) is 27.7. The molecule has 19 nitrogen and oxygen atoms in total. The number of carbonyl (C=O) groups excluding carboxylic acids is 8. The third-order valence-electron chi connectivity index (χ3n) is 10.9. The van der Waals surface area contributed by atoms with Crippen LogP contribution in [0.2, 0.25) is 0 Å². The molecule has 20 heteroatoms. The Balaban J connectivity index is 1.66. The van der Waals surface area contributed by atoms with Crippen molar-refractivity contribution in [2.24, 2.45) is 16.8 Å². The Bertz CT molecular complexity index is 1720. The van der Waals surface area contributed by atoms with Crippen molar-refractivity contribution in [1.82, 2.24) is 36.0 Å². The molecule has 2 fully saturated rings. The third-order valence-corrected chi connectivity index (χ3v) is 12.1. The van der Waals surface area contributed by atoms with Gasteiger partial charge in [0.1, 0.15) is 48.6 Å². The van der Waals surface area contributed by atoms with Gasteiger partial charge in [-0.05, 0) is 65.2 Å². The highest BCUT2D eigenvalue weighted by Gasteiger charge is 2.47. The lowest BCUT2D eigenvalue weighted by molar-refractivity contribution is -0.161. The molecule has 4 heterocycles. The van der Waals surface area contributed by atoms with Gasteiger partial charge in [0.25, 0.3) is 11.8 Å². The minimum absolute atomic E-state index is 0.0170. The summed E-state index contributed by atoms with van der Waals surface area (Å²) in [6.45, 7) is 12.5. The van der Waals surface area contributed by atoms with Gasteiger partial charge in [-0.15, -0.1) is 11.8 Å². The maximum atomic E-state index is 14.1. The molecule has 328 valence electrons. The lowest BCUT2D eigenvalue weighted by Gasteiger charge is -2.48. The van der Waals surface area contributed by atoms with E-state index in [1.165, 1.54) is 43.6 Å². The van der Waals surface area contributed by atoms with Crippen molar-refractivity contribution in [3.8, 4) is 0 Å². The van der Waals surface area contributed by atoms with Crippen molar-refractivity contribution in [1.29, 1.82) is 0 Å². The Morgan fingerprint density at radius 1 is 0.915 bits per heavy atom. The highest BCUT2D eigenvalue weighted by atomic mass is 32.2. The predicted octanol–water partition coefficient (Wildman–Crippen LogP) is -1.20. The Morgan fingerprint density at radius 3 is 2.19 bits per heavy atom. The molecule has 4 aliphatic heterocycles. The number of carbonyl (C=O) groups is 8. The number of likely N-dealkylation sites (N-methyl/N-ethyl adjacent to an activating group) is 1. The molecular formula is C39H60N8O11S. The number of rotatable bonds is 4. The van der Waals surface area contributed by atoms with E-state index < -0.39 is 108 Å². The minimum Gasteiger partial charge on any atom is -0.461 e. The van der Waals surface area contributed by atoms with E-state index in [4.69, 9.17) is 4.74 Å². The van der Waals surface area contributed by atoms with E-state index in [0.717, 1.165) is 4.90 Å². The van der Waals surface area contributed by atoms with Crippen LogP contribution in [0.5, 0.6) is 0 Å². The molecule has 4 aliphatic rings. The third kappa shape index (κ3) is 11.0.